The van der Waals surface area contributed by atoms with Crippen LogP contribution in [-0.2, 0) is 0 Å². The van der Waals surface area contributed by atoms with Gasteiger partial charge in [0.05, 0.1) is 12.2 Å². The maximum absolute atomic E-state index is 8.70. The van der Waals surface area contributed by atoms with E-state index in [-0.39, 0.29) is 12.0 Å². The Kier molecular flexibility index (Phi) is 3.21. The summed E-state index contributed by atoms with van der Waals surface area (Å²) in [6, 6.07) is 2.04. The van der Waals surface area contributed by atoms with Gasteiger partial charge in [0, 0.05) is 5.92 Å². The standard InChI is InChI=1S/C6H11NO/c1-5(4-7)3-6(2)8/h5-6,8H,3H2,1-2H3/t5-,6-/m1/s1. The highest BCUT2D eigenvalue weighted by atomic mass is 16.3. The zero-order valence-corrected chi connectivity index (χ0v) is 5.26. The zero-order valence-electron chi connectivity index (χ0n) is 5.26. The molecule has 0 bridgehead atoms. The summed E-state index contributed by atoms with van der Waals surface area (Å²) in [5, 5.41) is 16.9. The topological polar surface area (TPSA) is 44.0 Å². The van der Waals surface area contributed by atoms with Crippen molar-refractivity contribution in [2.24, 2.45) is 5.92 Å². The van der Waals surface area contributed by atoms with Crippen molar-refractivity contribution in [2.75, 3.05) is 0 Å². The van der Waals surface area contributed by atoms with Crippen molar-refractivity contribution in [1.82, 2.24) is 0 Å². The van der Waals surface area contributed by atoms with E-state index in [0.717, 1.165) is 0 Å². The second-order valence-corrected chi connectivity index (χ2v) is 2.11. The fraction of sp³-hybridized carbons (Fsp3) is 0.833. The minimum atomic E-state index is -0.343. The molecule has 0 aliphatic carbocycles. The highest BCUT2D eigenvalue weighted by molar-refractivity contribution is 4.79. The van der Waals surface area contributed by atoms with Crippen LogP contribution < -0.4 is 0 Å². The molecule has 0 aromatic rings. The van der Waals surface area contributed by atoms with Gasteiger partial charge >= 0.3 is 0 Å². The van der Waals surface area contributed by atoms with E-state index in [0.29, 0.717) is 6.42 Å². The van der Waals surface area contributed by atoms with E-state index in [1.165, 1.54) is 0 Å². The minimum absolute atomic E-state index is 0.0185. The summed E-state index contributed by atoms with van der Waals surface area (Å²) in [4.78, 5) is 0. The molecule has 0 radical (unpaired) electrons. The van der Waals surface area contributed by atoms with Crippen LogP contribution in [0.2, 0.25) is 0 Å². The lowest BCUT2D eigenvalue weighted by molar-refractivity contribution is 0.173. The van der Waals surface area contributed by atoms with E-state index in [1.807, 2.05) is 6.07 Å². The molecule has 2 atom stereocenters. The Balaban J connectivity index is 3.28. The lowest BCUT2D eigenvalue weighted by Crippen LogP contribution is -2.04. The quantitative estimate of drug-likeness (QED) is 0.578. The first-order valence-electron chi connectivity index (χ1n) is 2.74. The smallest absolute Gasteiger partial charge is 0.0653 e. The number of hydrogen-bond donors (Lipinski definition) is 1. The predicted octanol–water partition coefficient (Wildman–Crippen LogP) is 0.917. The first-order chi connectivity index (χ1) is 3.66. The number of nitrogens with zero attached hydrogens (tertiary/aromatic N) is 1. The van der Waals surface area contributed by atoms with Gasteiger partial charge in [0.25, 0.3) is 0 Å². The molecule has 46 valence electrons. The molecule has 0 saturated heterocycles. The molecule has 0 rings (SSSR count). The molecular formula is C6H11NO. The molecule has 2 nitrogen and oxygen atoms in total. The molecular weight excluding hydrogens is 102 g/mol. The summed E-state index contributed by atoms with van der Waals surface area (Å²) in [6.07, 6.45) is 0.237. The van der Waals surface area contributed by atoms with Gasteiger partial charge in [0.15, 0.2) is 0 Å². The molecule has 0 spiro atoms. The maximum atomic E-state index is 8.70. The van der Waals surface area contributed by atoms with Crippen LogP contribution >= 0.6 is 0 Å². The number of nitriles is 1. The average Bonchev–Trinajstić information content (AvgIpc) is 1.65. The Labute approximate surface area is 49.8 Å². The van der Waals surface area contributed by atoms with Crippen molar-refractivity contribution < 1.29 is 5.11 Å². The molecule has 0 unspecified atom stereocenters. The van der Waals surface area contributed by atoms with E-state index in [9.17, 15) is 0 Å². The normalized spacial score (nSPS) is 16.8. The van der Waals surface area contributed by atoms with E-state index in [1.54, 1.807) is 13.8 Å². The van der Waals surface area contributed by atoms with Gasteiger partial charge in [0.1, 0.15) is 0 Å². The van der Waals surface area contributed by atoms with Crippen molar-refractivity contribution in [2.45, 2.75) is 26.4 Å². The molecule has 2 heteroatoms. The summed E-state index contributed by atoms with van der Waals surface area (Å²) < 4.78 is 0. The summed E-state index contributed by atoms with van der Waals surface area (Å²) in [5.74, 6) is -0.0185. The largest absolute Gasteiger partial charge is 0.393 e. The Bertz CT molecular complexity index is 93.2. The van der Waals surface area contributed by atoms with Crippen molar-refractivity contribution >= 4 is 0 Å². The minimum Gasteiger partial charge on any atom is -0.393 e. The van der Waals surface area contributed by atoms with Gasteiger partial charge in [-0.1, -0.05) is 0 Å². The van der Waals surface area contributed by atoms with Gasteiger partial charge in [-0.3, -0.25) is 0 Å². The van der Waals surface area contributed by atoms with Crippen molar-refractivity contribution in [1.29, 1.82) is 5.26 Å². The van der Waals surface area contributed by atoms with Gasteiger partial charge in [-0.25, -0.2) is 0 Å². The van der Waals surface area contributed by atoms with Gasteiger partial charge < -0.3 is 5.11 Å². The van der Waals surface area contributed by atoms with E-state index in [4.69, 9.17) is 10.4 Å². The molecule has 1 N–H and O–H groups in total. The van der Waals surface area contributed by atoms with Crippen molar-refractivity contribution in [3.05, 3.63) is 0 Å². The molecule has 0 aliphatic rings. The molecule has 0 aromatic heterocycles. The monoisotopic (exact) mass is 113 g/mol. The molecule has 0 aromatic carbocycles. The second kappa shape index (κ2) is 3.45. The molecule has 0 aliphatic heterocycles. The van der Waals surface area contributed by atoms with Gasteiger partial charge in [-0.2, -0.15) is 5.26 Å². The average molecular weight is 113 g/mol. The Morgan fingerprint density at radius 1 is 1.62 bits per heavy atom. The van der Waals surface area contributed by atoms with Crippen LogP contribution in [0.3, 0.4) is 0 Å². The first kappa shape index (κ1) is 7.45. The Hall–Kier alpha value is -0.550. The predicted molar refractivity (Wildman–Crippen MR) is 31.1 cm³/mol. The van der Waals surface area contributed by atoms with Crippen molar-refractivity contribution in [3.8, 4) is 6.07 Å². The fourth-order valence-electron chi connectivity index (χ4n) is 0.564. The van der Waals surface area contributed by atoms with Crippen LogP contribution in [0.4, 0.5) is 0 Å². The summed E-state index contributed by atoms with van der Waals surface area (Å²) in [6.45, 7) is 3.49. The van der Waals surface area contributed by atoms with Crippen LogP contribution in [0.5, 0.6) is 0 Å². The van der Waals surface area contributed by atoms with Crippen molar-refractivity contribution in [3.63, 3.8) is 0 Å². The van der Waals surface area contributed by atoms with Gasteiger partial charge in [0.2, 0.25) is 0 Å². The van der Waals surface area contributed by atoms with Crippen LogP contribution in [0.25, 0.3) is 0 Å². The summed E-state index contributed by atoms with van der Waals surface area (Å²) in [7, 11) is 0. The Morgan fingerprint density at radius 2 is 2.12 bits per heavy atom. The Morgan fingerprint density at radius 3 is 2.25 bits per heavy atom. The van der Waals surface area contributed by atoms with Crippen LogP contribution in [0.15, 0.2) is 0 Å². The SMILES string of the molecule is C[C@@H](O)C[C@@H](C)C#N. The highest BCUT2D eigenvalue weighted by Gasteiger charge is 2.02. The third kappa shape index (κ3) is 3.63. The van der Waals surface area contributed by atoms with E-state index >= 15 is 0 Å². The third-order valence-corrected chi connectivity index (χ3v) is 0.915. The highest BCUT2D eigenvalue weighted by Crippen LogP contribution is 2.02. The molecule has 0 saturated carbocycles. The van der Waals surface area contributed by atoms with Crippen LogP contribution in [0, 0.1) is 17.2 Å². The van der Waals surface area contributed by atoms with Gasteiger partial charge in [-0.15, -0.1) is 0 Å². The van der Waals surface area contributed by atoms with Crippen LogP contribution in [-0.4, -0.2) is 11.2 Å². The zero-order chi connectivity index (χ0) is 6.57. The summed E-state index contributed by atoms with van der Waals surface area (Å²) >= 11 is 0. The lowest BCUT2D eigenvalue weighted by Gasteiger charge is -2.02. The van der Waals surface area contributed by atoms with E-state index < -0.39 is 0 Å². The molecule has 8 heavy (non-hydrogen) atoms. The van der Waals surface area contributed by atoms with Crippen LogP contribution in [0.1, 0.15) is 20.3 Å². The number of aliphatic hydroxyl groups is 1. The maximum Gasteiger partial charge on any atom is 0.0653 e. The molecule has 0 amide bonds. The fourth-order valence-corrected chi connectivity index (χ4v) is 0.564. The third-order valence-electron chi connectivity index (χ3n) is 0.915. The number of rotatable bonds is 2. The number of aliphatic hydroxyl groups excluding tert-OH is 1. The number of hydrogen-bond acceptors (Lipinski definition) is 2. The summed E-state index contributed by atoms with van der Waals surface area (Å²) in [5.41, 5.74) is 0. The lowest BCUT2D eigenvalue weighted by atomic mass is 10.1. The van der Waals surface area contributed by atoms with E-state index in [2.05, 4.69) is 0 Å². The molecule has 0 heterocycles. The molecule has 0 fully saturated rings. The van der Waals surface area contributed by atoms with Gasteiger partial charge in [-0.05, 0) is 20.3 Å². The second-order valence-electron chi connectivity index (χ2n) is 2.11. The first-order valence-corrected chi connectivity index (χ1v) is 2.74.